The SMILES string of the molecule is CCOC(=O)C(N)C(=O)NC(C)c1ccccc1F. The Morgan fingerprint density at radius 3 is 2.63 bits per heavy atom. The molecule has 0 aliphatic rings. The Bertz CT molecular complexity index is 465. The molecule has 0 heterocycles. The Morgan fingerprint density at radius 1 is 1.42 bits per heavy atom. The minimum absolute atomic E-state index is 0.142. The average molecular weight is 268 g/mol. The summed E-state index contributed by atoms with van der Waals surface area (Å²) in [5.41, 5.74) is 5.76. The number of benzene rings is 1. The molecule has 0 spiro atoms. The van der Waals surface area contributed by atoms with Crippen molar-refractivity contribution in [3.63, 3.8) is 0 Å². The first-order valence-electron chi connectivity index (χ1n) is 5.94. The van der Waals surface area contributed by atoms with E-state index in [1.54, 1.807) is 32.0 Å². The van der Waals surface area contributed by atoms with Crippen molar-refractivity contribution in [3.8, 4) is 0 Å². The summed E-state index contributed by atoms with van der Waals surface area (Å²) in [6, 6.07) is 4.06. The van der Waals surface area contributed by atoms with Gasteiger partial charge in [-0.15, -0.1) is 0 Å². The van der Waals surface area contributed by atoms with Gasteiger partial charge in [0.25, 0.3) is 0 Å². The van der Waals surface area contributed by atoms with E-state index >= 15 is 0 Å². The van der Waals surface area contributed by atoms with Crippen molar-refractivity contribution >= 4 is 11.9 Å². The number of rotatable bonds is 5. The number of hydrogen-bond acceptors (Lipinski definition) is 4. The highest BCUT2D eigenvalue weighted by Crippen LogP contribution is 2.15. The molecule has 6 heteroatoms. The predicted octanol–water partition coefficient (Wildman–Crippen LogP) is 0.893. The summed E-state index contributed by atoms with van der Waals surface area (Å²) in [5, 5.41) is 2.47. The summed E-state index contributed by atoms with van der Waals surface area (Å²) in [7, 11) is 0. The van der Waals surface area contributed by atoms with Gasteiger partial charge in [-0.3, -0.25) is 4.79 Å². The molecule has 1 aromatic carbocycles. The number of ether oxygens (including phenoxy) is 1. The Morgan fingerprint density at radius 2 is 2.05 bits per heavy atom. The molecule has 0 aromatic heterocycles. The Kier molecular flexibility index (Phi) is 5.44. The quantitative estimate of drug-likeness (QED) is 0.614. The van der Waals surface area contributed by atoms with Gasteiger partial charge in [0.05, 0.1) is 12.6 Å². The van der Waals surface area contributed by atoms with E-state index in [0.717, 1.165) is 0 Å². The fourth-order valence-corrected chi connectivity index (χ4v) is 1.55. The first kappa shape index (κ1) is 15.1. The van der Waals surface area contributed by atoms with E-state index in [1.165, 1.54) is 6.07 Å². The standard InChI is InChI=1S/C13H17FN2O3/c1-3-19-13(18)11(15)12(17)16-8(2)9-6-4-5-7-10(9)14/h4-8,11H,3,15H2,1-2H3,(H,16,17). The van der Waals surface area contributed by atoms with Crippen molar-refractivity contribution in [2.24, 2.45) is 5.73 Å². The molecule has 0 saturated carbocycles. The van der Waals surface area contributed by atoms with E-state index in [1.807, 2.05) is 0 Å². The van der Waals surface area contributed by atoms with Gasteiger partial charge in [-0.2, -0.15) is 0 Å². The van der Waals surface area contributed by atoms with Crippen LogP contribution in [0.5, 0.6) is 0 Å². The fourth-order valence-electron chi connectivity index (χ4n) is 1.55. The number of hydrogen-bond donors (Lipinski definition) is 2. The first-order valence-corrected chi connectivity index (χ1v) is 5.94. The largest absolute Gasteiger partial charge is 0.464 e. The topological polar surface area (TPSA) is 81.4 Å². The van der Waals surface area contributed by atoms with Gasteiger partial charge in [-0.1, -0.05) is 18.2 Å². The number of nitrogens with two attached hydrogens (primary N) is 1. The Labute approximate surface area is 110 Å². The first-order chi connectivity index (χ1) is 8.97. The van der Waals surface area contributed by atoms with Gasteiger partial charge in [0.2, 0.25) is 5.91 Å². The number of amides is 1. The van der Waals surface area contributed by atoms with Gasteiger partial charge in [0.15, 0.2) is 6.04 Å². The lowest BCUT2D eigenvalue weighted by Crippen LogP contribution is -2.47. The van der Waals surface area contributed by atoms with E-state index in [0.29, 0.717) is 5.56 Å². The maximum atomic E-state index is 13.5. The highest BCUT2D eigenvalue weighted by Gasteiger charge is 2.25. The van der Waals surface area contributed by atoms with Gasteiger partial charge in [-0.25, -0.2) is 9.18 Å². The molecule has 3 N–H and O–H groups in total. The minimum Gasteiger partial charge on any atom is -0.464 e. The molecule has 0 saturated heterocycles. The molecule has 104 valence electrons. The summed E-state index contributed by atoms with van der Waals surface area (Å²) < 4.78 is 18.1. The highest BCUT2D eigenvalue weighted by molar-refractivity contribution is 6.01. The van der Waals surface area contributed by atoms with Crippen LogP contribution in [0.4, 0.5) is 4.39 Å². The van der Waals surface area contributed by atoms with Gasteiger partial charge in [0, 0.05) is 5.56 Å². The molecule has 1 rings (SSSR count). The second-order valence-corrected chi connectivity index (χ2v) is 3.98. The summed E-state index contributed by atoms with van der Waals surface area (Å²) >= 11 is 0. The number of esters is 1. The lowest BCUT2D eigenvalue weighted by molar-refractivity contribution is -0.148. The third kappa shape index (κ3) is 4.03. The normalized spacial score (nSPS) is 13.5. The number of carbonyl (C=O) groups excluding carboxylic acids is 2. The number of halogens is 1. The van der Waals surface area contributed by atoms with Crippen molar-refractivity contribution in [3.05, 3.63) is 35.6 Å². The summed E-state index contributed by atoms with van der Waals surface area (Å²) in [6.07, 6.45) is 0. The van der Waals surface area contributed by atoms with E-state index < -0.39 is 29.8 Å². The predicted molar refractivity (Wildman–Crippen MR) is 67.6 cm³/mol. The second kappa shape index (κ2) is 6.84. The second-order valence-electron chi connectivity index (χ2n) is 3.98. The number of carbonyl (C=O) groups is 2. The van der Waals surface area contributed by atoms with Crippen molar-refractivity contribution in [1.29, 1.82) is 0 Å². The smallest absolute Gasteiger partial charge is 0.332 e. The van der Waals surface area contributed by atoms with Crippen LogP contribution in [-0.4, -0.2) is 24.5 Å². The zero-order valence-corrected chi connectivity index (χ0v) is 10.9. The summed E-state index contributed by atoms with van der Waals surface area (Å²) in [4.78, 5) is 23.0. The van der Waals surface area contributed by atoms with Gasteiger partial charge in [-0.05, 0) is 19.9 Å². The molecule has 5 nitrogen and oxygen atoms in total. The van der Waals surface area contributed by atoms with E-state index in [-0.39, 0.29) is 6.61 Å². The monoisotopic (exact) mass is 268 g/mol. The average Bonchev–Trinajstić information content (AvgIpc) is 2.38. The van der Waals surface area contributed by atoms with Crippen molar-refractivity contribution in [2.75, 3.05) is 6.61 Å². The Balaban J connectivity index is 2.67. The van der Waals surface area contributed by atoms with Crippen LogP contribution >= 0.6 is 0 Å². The molecule has 0 fully saturated rings. The molecule has 0 aliphatic carbocycles. The third-order valence-electron chi connectivity index (χ3n) is 2.55. The van der Waals surface area contributed by atoms with Crippen molar-refractivity contribution in [1.82, 2.24) is 5.32 Å². The maximum absolute atomic E-state index is 13.5. The molecule has 1 amide bonds. The van der Waals surface area contributed by atoms with Crippen LogP contribution in [0.1, 0.15) is 25.5 Å². The molecule has 2 unspecified atom stereocenters. The Hall–Kier alpha value is -1.95. The van der Waals surface area contributed by atoms with Gasteiger partial charge in [0.1, 0.15) is 5.82 Å². The molecule has 2 atom stereocenters. The van der Waals surface area contributed by atoms with E-state index in [4.69, 9.17) is 5.73 Å². The highest BCUT2D eigenvalue weighted by atomic mass is 19.1. The molecule has 1 aromatic rings. The van der Waals surface area contributed by atoms with Crippen LogP contribution in [0.2, 0.25) is 0 Å². The summed E-state index contributed by atoms with van der Waals surface area (Å²) in [5.74, 6) is -1.94. The molecular formula is C13H17FN2O3. The molecular weight excluding hydrogens is 251 g/mol. The van der Waals surface area contributed by atoms with E-state index in [2.05, 4.69) is 10.1 Å². The van der Waals surface area contributed by atoms with Crippen molar-refractivity contribution in [2.45, 2.75) is 25.9 Å². The van der Waals surface area contributed by atoms with Gasteiger partial charge < -0.3 is 15.8 Å². The van der Waals surface area contributed by atoms with Crippen LogP contribution in [0.3, 0.4) is 0 Å². The van der Waals surface area contributed by atoms with E-state index in [9.17, 15) is 14.0 Å². The van der Waals surface area contributed by atoms with Crippen LogP contribution in [0.15, 0.2) is 24.3 Å². The zero-order chi connectivity index (χ0) is 14.4. The van der Waals surface area contributed by atoms with Crippen LogP contribution < -0.4 is 11.1 Å². The lowest BCUT2D eigenvalue weighted by Gasteiger charge is -2.17. The zero-order valence-electron chi connectivity index (χ0n) is 10.9. The molecule has 19 heavy (non-hydrogen) atoms. The van der Waals surface area contributed by atoms with Crippen LogP contribution in [0.25, 0.3) is 0 Å². The maximum Gasteiger partial charge on any atom is 0.332 e. The lowest BCUT2D eigenvalue weighted by atomic mass is 10.1. The molecule has 0 aliphatic heterocycles. The number of nitrogens with one attached hydrogen (secondary N) is 1. The van der Waals surface area contributed by atoms with Gasteiger partial charge >= 0.3 is 5.97 Å². The molecule has 0 radical (unpaired) electrons. The third-order valence-corrected chi connectivity index (χ3v) is 2.55. The van der Waals surface area contributed by atoms with Crippen LogP contribution in [-0.2, 0) is 14.3 Å². The fraction of sp³-hybridized carbons (Fsp3) is 0.385. The molecule has 0 bridgehead atoms. The van der Waals surface area contributed by atoms with Crippen LogP contribution in [0, 0.1) is 5.82 Å². The minimum atomic E-state index is -1.41. The van der Waals surface area contributed by atoms with Crippen molar-refractivity contribution < 1.29 is 18.7 Å². The summed E-state index contributed by atoms with van der Waals surface area (Å²) in [6.45, 7) is 3.36.